The van der Waals surface area contributed by atoms with Gasteiger partial charge in [0, 0.05) is 11.2 Å². The van der Waals surface area contributed by atoms with Gasteiger partial charge in [-0.05, 0) is 60.5 Å². The zero-order valence-corrected chi connectivity index (χ0v) is 10.1. The maximum absolute atomic E-state index is 9.16. The standard InChI is InChI=1S/C14H12ClNO/c1-10-8-12(15)4-7-14(10)16-9-11-2-5-13(17)6-3-11/h2-9,17H,1H3. The Labute approximate surface area is 105 Å². The highest BCUT2D eigenvalue weighted by atomic mass is 35.5. The van der Waals surface area contributed by atoms with Gasteiger partial charge in [-0.3, -0.25) is 4.99 Å². The van der Waals surface area contributed by atoms with Gasteiger partial charge in [0.15, 0.2) is 0 Å². The lowest BCUT2D eigenvalue weighted by atomic mass is 10.2. The van der Waals surface area contributed by atoms with Crippen LogP contribution in [0.4, 0.5) is 5.69 Å². The summed E-state index contributed by atoms with van der Waals surface area (Å²) >= 11 is 5.87. The van der Waals surface area contributed by atoms with E-state index in [4.69, 9.17) is 16.7 Å². The van der Waals surface area contributed by atoms with Crippen molar-refractivity contribution in [3.63, 3.8) is 0 Å². The number of benzene rings is 2. The van der Waals surface area contributed by atoms with E-state index in [1.54, 1.807) is 18.3 Å². The Balaban J connectivity index is 2.23. The first-order valence-electron chi connectivity index (χ1n) is 5.24. The zero-order chi connectivity index (χ0) is 12.3. The molecule has 86 valence electrons. The van der Waals surface area contributed by atoms with Crippen molar-refractivity contribution in [2.45, 2.75) is 6.92 Å². The molecule has 2 rings (SSSR count). The van der Waals surface area contributed by atoms with Gasteiger partial charge in [-0.15, -0.1) is 0 Å². The highest BCUT2D eigenvalue weighted by Gasteiger charge is 1.96. The highest BCUT2D eigenvalue weighted by molar-refractivity contribution is 6.30. The molecule has 17 heavy (non-hydrogen) atoms. The van der Waals surface area contributed by atoms with E-state index in [9.17, 15) is 0 Å². The van der Waals surface area contributed by atoms with Gasteiger partial charge in [0.1, 0.15) is 5.75 Å². The first-order valence-corrected chi connectivity index (χ1v) is 5.62. The van der Waals surface area contributed by atoms with Crippen LogP contribution in [0.15, 0.2) is 47.5 Å². The Bertz CT molecular complexity index is 547. The van der Waals surface area contributed by atoms with Crippen LogP contribution >= 0.6 is 11.6 Å². The van der Waals surface area contributed by atoms with Crippen LogP contribution in [-0.2, 0) is 0 Å². The average molecular weight is 246 g/mol. The summed E-state index contributed by atoms with van der Waals surface area (Å²) in [6.07, 6.45) is 1.76. The molecule has 0 saturated carbocycles. The van der Waals surface area contributed by atoms with Gasteiger partial charge in [0.2, 0.25) is 0 Å². The molecule has 2 aromatic carbocycles. The summed E-state index contributed by atoms with van der Waals surface area (Å²) in [6, 6.07) is 12.5. The summed E-state index contributed by atoms with van der Waals surface area (Å²) in [7, 11) is 0. The smallest absolute Gasteiger partial charge is 0.115 e. The third-order valence-corrected chi connectivity index (χ3v) is 2.64. The maximum atomic E-state index is 9.16. The number of aromatic hydroxyl groups is 1. The van der Waals surface area contributed by atoms with Gasteiger partial charge >= 0.3 is 0 Å². The Kier molecular flexibility index (Phi) is 3.45. The van der Waals surface area contributed by atoms with Crippen molar-refractivity contribution in [2.75, 3.05) is 0 Å². The monoisotopic (exact) mass is 245 g/mol. The van der Waals surface area contributed by atoms with Crippen LogP contribution in [0.3, 0.4) is 0 Å². The fourth-order valence-corrected chi connectivity index (χ4v) is 1.69. The molecule has 0 unspecified atom stereocenters. The van der Waals surface area contributed by atoms with E-state index < -0.39 is 0 Å². The van der Waals surface area contributed by atoms with Crippen molar-refractivity contribution >= 4 is 23.5 Å². The fourth-order valence-electron chi connectivity index (χ4n) is 1.47. The molecule has 0 aliphatic carbocycles. The first kappa shape index (κ1) is 11.7. The average Bonchev–Trinajstić information content (AvgIpc) is 2.30. The van der Waals surface area contributed by atoms with Crippen LogP contribution in [-0.4, -0.2) is 11.3 Å². The molecule has 0 saturated heterocycles. The zero-order valence-electron chi connectivity index (χ0n) is 9.39. The van der Waals surface area contributed by atoms with Gasteiger partial charge in [0.05, 0.1) is 5.69 Å². The maximum Gasteiger partial charge on any atom is 0.115 e. The molecular weight excluding hydrogens is 234 g/mol. The van der Waals surface area contributed by atoms with Crippen LogP contribution in [0.1, 0.15) is 11.1 Å². The number of hydrogen-bond donors (Lipinski definition) is 1. The van der Waals surface area contributed by atoms with E-state index in [2.05, 4.69) is 4.99 Å². The van der Waals surface area contributed by atoms with E-state index in [1.807, 2.05) is 37.3 Å². The third-order valence-electron chi connectivity index (χ3n) is 2.40. The van der Waals surface area contributed by atoms with E-state index in [-0.39, 0.29) is 5.75 Å². The minimum atomic E-state index is 0.254. The Hall–Kier alpha value is -1.80. The van der Waals surface area contributed by atoms with Crippen LogP contribution in [0, 0.1) is 6.92 Å². The Morgan fingerprint density at radius 2 is 1.82 bits per heavy atom. The van der Waals surface area contributed by atoms with Crippen molar-refractivity contribution in [3.8, 4) is 5.75 Å². The minimum Gasteiger partial charge on any atom is -0.508 e. The van der Waals surface area contributed by atoms with Crippen LogP contribution < -0.4 is 0 Å². The predicted molar refractivity (Wildman–Crippen MR) is 71.5 cm³/mol. The summed E-state index contributed by atoms with van der Waals surface area (Å²) in [5.74, 6) is 0.254. The second kappa shape index (κ2) is 5.02. The molecular formula is C14H12ClNO. The molecule has 0 heterocycles. The molecule has 0 amide bonds. The number of hydrogen-bond acceptors (Lipinski definition) is 2. The number of halogens is 1. The molecule has 0 atom stereocenters. The van der Waals surface area contributed by atoms with Gasteiger partial charge in [-0.1, -0.05) is 11.6 Å². The summed E-state index contributed by atoms with van der Waals surface area (Å²) in [6.45, 7) is 1.97. The fraction of sp³-hybridized carbons (Fsp3) is 0.0714. The number of phenols is 1. The topological polar surface area (TPSA) is 32.6 Å². The predicted octanol–water partition coefficient (Wildman–Crippen LogP) is 4.10. The molecule has 3 heteroatoms. The Morgan fingerprint density at radius 1 is 1.12 bits per heavy atom. The molecule has 0 spiro atoms. The number of phenolic OH excluding ortho intramolecular Hbond substituents is 1. The molecule has 2 nitrogen and oxygen atoms in total. The number of aliphatic imine (C=N–C) groups is 1. The van der Waals surface area contributed by atoms with E-state index in [1.165, 1.54) is 0 Å². The minimum absolute atomic E-state index is 0.254. The summed E-state index contributed by atoms with van der Waals surface area (Å²) in [5, 5.41) is 9.87. The highest BCUT2D eigenvalue weighted by Crippen LogP contribution is 2.22. The van der Waals surface area contributed by atoms with E-state index >= 15 is 0 Å². The molecule has 1 N–H and O–H groups in total. The lowest BCUT2D eigenvalue weighted by molar-refractivity contribution is 0.475. The lowest BCUT2D eigenvalue weighted by Crippen LogP contribution is -1.80. The van der Waals surface area contributed by atoms with Crippen molar-refractivity contribution in [2.24, 2.45) is 4.99 Å². The van der Waals surface area contributed by atoms with Crippen LogP contribution in [0.5, 0.6) is 5.75 Å². The molecule has 0 aliphatic heterocycles. The van der Waals surface area contributed by atoms with Crippen molar-refractivity contribution < 1.29 is 5.11 Å². The molecule has 0 aliphatic rings. The summed E-state index contributed by atoms with van der Waals surface area (Å²) in [4.78, 5) is 4.38. The summed E-state index contributed by atoms with van der Waals surface area (Å²) in [5.41, 5.74) is 2.87. The van der Waals surface area contributed by atoms with Gasteiger partial charge in [-0.2, -0.15) is 0 Å². The number of rotatable bonds is 2. The van der Waals surface area contributed by atoms with E-state index in [0.29, 0.717) is 5.02 Å². The second-order valence-corrected chi connectivity index (χ2v) is 4.22. The number of aryl methyl sites for hydroxylation is 1. The normalized spacial score (nSPS) is 10.9. The number of nitrogens with zero attached hydrogens (tertiary/aromatic N) is 1. The molecule has 0 aromatic heterocycles. The Morgan fingerprint density at radius 3 is 2.47 bits per heavy atom. The van der Waals surface area contributed by atoms with Crippen molar-refractivity contribution in [1.29, 1.82) is 0 Å². The van der Waals surface area contributed by atoms with Crippen LogP contribution in [0.25, 0.3) is 0 Å². The molecule has 0 fully saturated rings. The molecule has 0 bridgehead atoms. The molecule has 0 radical (unpaired) electrons. The van der Waals surface area contributed by atoms with E-state index in [0.717, 1.165) is 16.8 Å². The second-order valence-electron chi connectivity index (χ2n) is 3.78. The quantitative estimate of drug-likeness (QED) is 0.794. The van der Waals surface area contributed by atoms with Crippen LogP contribution in [0.2, 0.25) is 5.02 Å². The first-order chi connectivity index (χ1) is 8.15. The van der Waals surface area contributed by atoms with Gasteiger partial charge in [0.25, 0.3) is 0 Å². The molecule has 2 aromatic rings. The van der Waals surface area contributed by atoms with Crippen molar-refractivity contribution in [3.05, 3.63) is 58.6 Å². The third kappa shape index (κ3) is 3.08. The SMILES string of the molecule is Cc1cc(Cl)ccc1N=Cc1ccc(O)cc1. The largest absolute Gasteiger partial charge is 0.508 e. The lowest BCUT2D eigenvalue weighted by Gasteiger charge is -2.00. The van der Waals surface area contributed by atoms with Crippen molar-refractivity contribution in [1.82, 2.24) is 0 Å². The summed E-state index contributed by atoms with van der Waals surface area (Å²) < 4.78 is 0. The van der Waals surface area contributed by atoms with Gasteiger partial charge < -0.3 is 5.11 Å². The van der Waals surface area contributed by atoms with Gasteiger partial charge in [-0.25, -0.2) is 0 Å².